The van der Waals surface area contributed by atoms with Gasteiger partial charge in [-0.25, -0.2) is 0 Å². The molecule has 0 saturated carbocycles. The molecule has 0 aliphatic carbocycles. The van der Waals surface area contributed by atoms with E-state index in [2.05, 4.69) is 6.58 Å². The number of carbonyl (C=O) groups is 1. The fraction of sp³-hybridized carbons (Fsp3) is 0.375. The maximum Gasteiger partial charge on any atom is 0.276 e. The van der Waals surface area contributed by atoms with Crippen LogP contribution in [0.5, 0.6) is 0 Å². The van der Waals surface area contributed by atoms with E-state index in [9.17, 15) is 15.1 Å². The van der Waals surface area contributed by atoms with Crippen LogP contribution < -0.4 is 0 Å². The first-order valence-corrected chi connectivity index (χ1v) is 3.68. The molecule has 2 N–H and O–H groups in total. The second kappa shape index (κ2) is 3.20. The van der Waals surface area contributed by atoms with Crippen LogP contribution in [0.4, 0.5) is 0 Å². The van der Waals surface area contributed by atoms with E-state index in [1.165, 1.54) is 13.2 Å². The zero-order valence-electron chi connectivity index (χ0n) is 7.23. The molecule has 5 nitrogen and oxygen atoms in total. The van der Waals surface area contributed by atoms with Crippen LogP contribution in [-0.2, 0) is 9.53 Å². The molecule has 1 aliphatic rings. The highest BCUT2D eigenvalue weighted by molar-refractivity contribution is 5.91. The smallest absolute Gasteiger partial charge is 0.276 e. The Morgan fingerprint density at radius 2 is 2.46 bits per heavy atom. The third-order valence-electron chi connectivity index (χ3n) is 1.86. The van der Waals surface area contributed by atoms with Gasteiger partial charge in [-0.2, -0.15) is 5.06 Å². The lowest BCUT2D eigenvalue weighted by Gasteiger charge is -2.28. The molecule has 1 rings (SSSR count). The molecule has 5 heteroatoms. The number of hydrogen-bond donors (Lipinski definition) is 2. The van der Waals surface area contributed by atoms with Crippen LogP contribution in [-0.4, -0.2) is 34.1 Å². The van der Waals surface area contributed by atoms with Crippen molar-refractivity contribution >= 4 is 5.91 Å². The summed E-state index contributed by atoms with van der Waals surface area (Å²) in [7, 11) is 1.31. The minimum absolute atomic E-state index is 0.00884. The van der Waals surface area contributed by atoms with Crippen molar-refractivity contribution in [3.05, 3.63) is 24.5 Å². The molecule has 72 valence electrons. The molecule has 0 spiro atoms. The normalized spacial score (nSPS) is 27.5. The average molecular weight is 185 g/mol. The molecule has 0 bridgehead atoms. The first kappa shape index (κ1) is 9.76. The summed E-state index contributed by atoms with van der Waals surface area (Å²) in [5, 5.41) is 19.2. The van der Waals surface area contributed by atoms with Crippen LogP contribution in [0.15, 0.2) is 24.5 Å². The van der Waals surface area contributed by atoms with Gasteiger partial charge >= 0.3 is 0 Å². The number of ether oxygens (including phenoxy) is 1. The van der Waals surface area contributed by atoms with Gasteiger partial charge in [-0.05, 0) is 0 Å². The van der Waals surface area contributed by atoms with Crippen LogP contribution in [0.3, 0.4) is 0 Å². The number of aliphatic hydroxyl groups is 1. The molecule has 0 aromatic carbocycles. The Hall–Kier alpha value is -1.33. The molecule has 0 aromatic rings. The Bertz CT molecular complexity index is 273. The zero-order chi connectivity index (χ0) is 10.1. The molecule has 1 aliphatic heterocycles. The summed E-state index contributed by atoms with van der Waals surface area (Å²) in [6.45, 7) is 3.41. The monoisotopic (exact) mass is 185 g/mol. The summed E-state index contributed by atoms with van der Waals surface area (Å²) in [4.78, 5) is 11.0. The van der Waals surface area contributed by atoms with Crippen LogP contribution in [0.2, 0.25) is 0 Å². The van der Waals surface area contributed by atoms with Crippen molar-refractivity contribution in [2.24, 2.45) is 0 Å². The highest BCUT2D eigenvalue weighted by Gasteiger charge is 2.46. The SMILES string of the molecule is C=CCC1(O)C(OC)=CC(=O)N1O. The Labute approximate surface area is 75.5 Å². The van der Waals surface area contributed by atoms with E-state index in [0.717, 1.165) is 6.08 Å². The molecule has 0 saturated heterocycles. The van der Waals surface area contributed by atoms with E-state index in [-0.39, 0.29) is 17.2 Å². The predicted molar refractivity (Wildman–Crippen MR) is 43.5 cm³/mol. The van der Waals surface area contributed by atoms with Gasteiger partial charge in [0.1, 0.15) is 0 Å². The van der Waals surface area contributed by atoms with Crippen molar-refractivity contribution in [3.8, 4) is 0 Å². The number of amides is 1. The summed E-state index contributed by atoms with van der Waals surface area (Å²) >= 11 is 0. The zero-order valence-corrected chi connectivity index (χ0v) is 7.23. The van der Waals surface area contributed by atoms with Crippen molar-refractivity contribution in [2.75, 3.05) is 7.11 Å². The molecular weight excluding hydrogens is 174 g/mol. The fourth-order valence-corrected chi connectivity index (χ4v) is 1.19. The van der Waals surface area contributed by atoms with Crippen molar-refractivity contribution in [3.63, 3.8) is 0 Å². The number of hydroxylamine groups is 2. The molecular formula is C8H11NO4. The summed E-state index contributed by atoms with van der Waals surface area (Å²) in [5.41, 5.74) is -1.80. The van der Waals surface area contributed by atoms with E-state index in [1.54, 1.807) is 0 Å². The van der Waals surface area contributed by atoms with E-state index < -0.39 is 11.6 Å². The highest BCUT2D eigenvalue weighted by atomic mass is 16.6. The third-order valence-corrected chi connectivity index (χ3v) is 1.86. The van der Waals surface area contributed by atoms with Crippen molar-refractivity contribution < 1.29 is 19.8 Å². The second-order valence-corrected chi connectivity index (χ2v) is 2.67. The lowest BCUT2D eigenvalue weighted by atomic mass is 10.1. The van der Waals surface area contributed by atoms with Gasteiger partial charge in [0.05, 0.1) is 7.11 Å². The number of hydrogen-bond acceptors (Lipinski definition) is 4. The molecule has 0 radical (unpaired) electrons. The molecule has 1 atom stereocenters. The summed E-state index contributed by atoms with van der Waals surface area (Å²) in [6.07, 6.45) is 2.42. The van der Waals surface area contributed by atoms with E-state index in [1.807, 2.05) is 0 Å². The van der Waals surface area contributed by atoms with Gasteiger partial charge in [0.2, 0.25) is 5.72 Å². The quantitative estimate of drug-likeness (QED) is 0.480. The van der Waals surface area contributed by atoms with Gasteiger partial charge in [0.15, 0.2) is 5.76 Å². The van der Waals surface area contributed by atoms with E-state index in [4.69, 9.17) is 4.74 Å². The van der Waals surface area contributed by atoms with Gasteiger partial charge in [-0.1, -0.05) is 6.08 Å². The van der Waals surface area contributed by atoms with Gasteiger partial charge in [-0.15, -0.1) is 6.58 Å². The highest BCUT2D eigenvalue weighted by Crippen LogP contribution is 2.30. The molecule has 1 heterocycles. The lowest BCUT2D eigenvalue weighted by molar-refractivity contribution is -0.233. The predicted octanol–water partition coefficient (Wildman–Crippen LogP) is 0.0128. The average Bonchev–Trinajstić information content (AvgIpc) is 2.31. The van der Waals surface area contributed by atoms with Gasteiger partial charge < -0.3 is 9.84 Å². The van der Waals surface area contributed by atoms with E-state index in [0.29, 0.717) is 0 Å². The van der Waals surface area contributed by atoms with Crippen molar-refractivity contribution in [1.29, 1.82) is 0 Å². The lowest BCUT2D eigenvalue weighted by Crippen LogP contribution is -2.46. The standard InChI is InChI=1S/C8H11NO4/c1-3-4-8(11)6(13-2)5-7(10)9(8)12/h3,5,11-12H,1,4H2,2H3. The topological polar surface area (TPSA) is 70.0 Å². The number of nitrogens with zero attached hydrogens (tertiary/aromatic N) is 1. The molecule has 0 aromatic heterocycles. The molecule has 0 fully saturated rings. The maximum absolute atomic E-state index is 11.0. The Morgan fingerprint density at radius 1 is 1.85 bits per heavy atom. The van der Waals surface area contributed by atoms with Crippen LogP contribution in [0.1, 0.15) is 6.42 Å². The van der Waals surface area contributed by atoms with Crippen LogP contribution in [0.25, 0.3) is 0 Å². The van der Waals surface area contributed by atoms with Crippen molar-refractivity contribution in [1.82, 2.24) is 5.06 Å². The Morgan fingerprint density at radius 3 is 2.92 bits per heavy atom. The minimum atomic E-state index is -1.80. The summed E-state index contributed by atoms with van der Waals surface area (Å²) in [6, 6.07) is 0. The van der Waals surface area contributed by atoms with Gasteiger partial charge in [0.25, 0.3) is 5.91 Å². The van der Waals surface area contributed by atoms with Crippen molar-refractivity contribution in [2.45, 2.75) is 12.1 Å². The summed E-state index contributed by atoms with van der Waals surface area (Å²) in [5.74, 6) is -0.693. The van der Waals surface area contributed by atoms with Gasteiger partial charge in [-0.3, -0.25) is 10.0 Å². The summed E-state index contributed by atoms with van der Waals surface area (Å²) < 4.78 is 4.76. The van der Waals surface area contributed by atoms with Crippen LogP contribution >= 0.6 is 0 Å². The second-order valence-electron chi connectivity index (χ2n) is 2.67. The van der Waals surface area contributed by atoms with Gasteiger partial charge in [0, 0.05) is 12.5 Å². The Balaban J connectivity index is 3.00. The number of methoxy groups -OCH3 is 1. The third kappa shape index (κ3) is 1.32. The number of rotatable bonds is 3. The Kier molecular flexibility index (Phi) is 2.40. The van der Waals surface area contributed by atoms with E-state index >= 15 is 0 Å². The van der Waals surface area contributed by atoms with Crippen LogP contribution in [0, 0.1) is 0 Å². The molecule has 13 heavy (non-hydrogen) atoms. The largest absolute Gasteiger partial charge is 0.496 e. The maximum atomic E-state index is 11.0. The first-order valence-electron chi connectivity index (χ1n) is 3.68. The molecule has 1 amide bonds. The first-order chi connectivity index (χ1) is 6.06. The minimum Gasteiger partial charge on any atom is -0.496 e. The molecule has 1 unspecified atom stereocenters. The number of carbonyl (C=O) groups excluding carboxylic acids is 1. The fourth-order valence-electron chi connectivity index (χ4n) is 1.19.